The molecule has 0 unspecified atom stereocenters. The Labute approximate surface area is 152 Å². The fourth-order valence-electron chi connectivity index (χ4n) is 2.13. The maximum absolute atomic E-state index is 11.9. The van der Waals surface area contributed by atoms with Gasteiger partial charge in [0.05, 0.1) is 11.6 Å². The summed E-state index contributed by atoms with van der Waals surface area (Å²) in [5.41, 5.74) is 3.33. The van der Waals surface area contributed by atoms with E-state index in [0.717, 1.165) is 11.1 Å². The monoisotopic (exact) mass is 352 g/mol. The van der Waals surface area contributed by atoms with Crippen molar-refractivity contribution in [3.63, 3.8) is 0 Å². The molecule has 1 amide bonds. The first-order valence-electron chi connectivity index (χ1n) is 8.09. The van der Waals surface area contributed by atoms with Gasteiger partial charge in [-0.05, 0) is 68.3 Å². The van der Waals surface area contributed by atoms with E-state index in [-0.39, 0.29) is 0 Å². The molecule has 0 heterocycles. The topological polar surface area (TPSA) is 88.4 Å². The minimum absolute atomic E-state index is 0.396. The van der Waals surface area contributed by atoms with Crippen LogP contribution >= 0.6 is 0 Å². The van der Waals surface area contributed by atoms with Crippen LogP contribution in [-0.4, -0.2) is 24.6 Å². The third kappa shape index (κ3) is 5.35. The molecule has 2 rings (SSSR count). The molecular formula is C20H20N2O4. The largest absolute Gasteiger partial charge is 0.479 e. The van der Waals surface area contributed by atoms with Crippen molar-refractivity contribution < 1.29 is 19.1 Å². The standard InChI is InChI=1S/C20H20N2O4/c1-13-4-7-17(10-14(13)2)22-19(23)12-25-20(24)15(3)26-18-8-5-16(11-21)6-9-18/h4-10,15H,12H2,1-3H3,(H,22,23)/t15-/m0/s1. The van der Waals surface area contributed by atoms with Gasteiger partial charge in [-0.3, -0.25) is 4.79 Å². The summed E-state index contributed by atoms with van der Waals surface area (Å²) in [6.45, 7) is 5.07. The van der Waals surface area contributed by atoms with E-state index in [0.29, 0.717) is 17.0 Å². The van der Waals surface area contributed by atoms with E-state index in [1.54, 1.807) is 30.3 Å². The lowest BCUT2D eigenvalue weighted by Crippen LogP contribution is -2.29. The predicted octanol–water partition coefficient (Wildman–Crippen LogP) is 3.12. The van der Waals surface area contributed by atoms with Crippen molar-refractivity contribution in [1.29, 1.82) is 5.26 Å². The Balaban J connectivity index is 1.81. The number of ether oxygens (including phenoxy) is 2. The van der Waals surface area contributed by atoms with E-state index in [4.69, 9.17) is 14.7 Å². The van der Waals surface area contributed by atoms with Gasteiger partial charge in [-0.2, -0.15) is 5.26 Å². The molecule has 6 heteroatoms. The molecule has 0 saturated carbocycles. The second-order valence-electron chi connectivity index (χ2n) is 5.85. The molecular weight excluding hydrogens is 332 g/mol. The summed E-state index contributed by atoms with van der Waals surface area (Å²) >= 11 is 0. The van der Waals surface area contributed by atoms with Crippen molar-refractivity contribution >= 4 is 17.6 Å². The summed E-state index contributed by atoms with van der Waals surface area (Å²) in [5.74, 6) is -0.634. The molecule has 1 N–H and O–H groups in total. The number of esters is 1. The lowest BCUT2D eigenvalue weighted by Gasteiger charge is -2.14. The van der Waals surface area contributed by atoms with E-state index < -0.39 is 24.6 Å². The lowest BCUT2D eigenvalue weighted by atomic mass is 10.1. The van der Waals surface area contributed by atoms with Crippen LogP contribution < -0.4 is 10.1 Å². The molecule has 0 fully saturated rings. The van der Waals surface area contributed by atoms with Gasteiger partial charge in [0.1, 0.15) is 5.75 Å². The number of nitrogens with one attached hydrogen (secondary N) is 1. The number of benzene rings is 2. The molecule has 0 aliphatic carbocycles. The van der Waals surface area contributed by atoms with E-state index in [1.807, 2.05) is 32.0 Å². The van der Waals surface area contributed by atoms with Gasteiger partial charge in [-0.15, -0.1) is 0 Å². The summed E-state index contributed by atoms with van der Waals surface area (Å²) < 4.78 is 10.4. The van der Waals surface area contributed by atoms with Crippen LogP contribution in [0.15, 0.2) is 42.5 Å². The van der Waals surface area contributed by atoms with Crippen LogP contribution in [0.25, 0.3) is 0 Å². The normalized spacial score (nSPS) is 11.2. The Bertz CT molecular complexity index is 838. The Morgan fingerprint density at radius 1 is 1.12 bits per heavy atom. The summed E-state index contributed by atoms with van der Waals surface area (Å²) in [7, 11) is 0. The van der Waals surface area contributed by atoms with Gasteiger partial charge in [0.15, 0.2) is 12.7 Å². The summed E-state index contributed by atoms with van der Waals surface area (Å²) in [6, 6.07) is 13.9. The second-order valence-corrected chi connectivity index (χ2v) is 5.85. The highest BCUT2D eigenvalue weighted by Gasteiger charge is 2.18. The van der Waals surface area contributed by atoms with Gasteiger partial charge >= 0.3 is 5.97 Å². The molecule has 0 aliphatic heterocycles. The zero-order chi connectivity index (χ0) is 19.1. The number of aryl methyl sites for hydroxylation is 2. The molecule has 0 saturated heterocycles. The Hall–Kier alpha value is -3.33. The fraction of sp³-hybridized carbons (Fsp3) is 0.250. The second kappa shape index (κ2) is 8.67. The minimum atomic E-state index is -0.877. The van der Waals surface area contributed by atoms with Crippen LogP contribution in [0.5, 0.6) is 5.75 Å². The number of amides is 1. The third-order valence-electron chi connectivity index (χ3n) is 3.76. The average Bonchev–Trinajstić information content (AvgIpc) is 2.63. The van der Waals surface area contributed by atoms with Crippen molar-refractivity contribution in [2.75, 3.05) is 11.9 Å². The van der Waals surface area contributed by atoms with E-state index in [2.05, 4.69) is 5.32 Å². The van der Waals surface area contributed by atoms with E-state index in [1.165, 1.54) is 6.92 Å². The maximum atomic E-state index is 11.9. The van der Waals surface area contributed by atoms with Crippen molar-refractivity contribution in [2.24, 2.45) is 0 Å². The molecule has 0 radical (unpaired) electrons. The Morgan fingerprint density at radius 3 is 2.42 bits per heavy atom. The van der Waals surface area contributed by atoms with Crippen LogP contribution in [0.1, 0.15) is 23.6 Å². The number of nitrogens with zero attached hydrogens (tertiary/aromatic N) is 1. The number of hydrogen-bond donors (Lipinski definition) is 1. The summed E-state index contributed by atoms with van der Waals surface area (Å²) in [4.78, 5) is 23.9. The van der Waals surface area contributed by atoms with Crippen LogP contribution in [-0.2, 0) is 14.3 Å². The number of rotatable bonds is 6. The number of carbonyl (C=O) groups excluding carboxylic acids is 2. The van der Waals surface area contributed by atoms with Gasteiger partial charge in [-0.1, -0.05) is 6.07 Å². The number of nitriles is 1. The van der Waals surface area contributed by atoms with E-state index in [9.17, 15) is 9.59 Å². The molecule has 134 valence electrons. The zero-order valence-electron chi connectivity index (χ0n) is 14.9. The van der Waals surface area contributed by atoms with Crippen molar-refractivity contribution in [3.8, 4) is 11.8 Å². The smallest absolute Gasteiger partial charge is 0.347 e. The molecule has 1 atom stereocenters. The molecule has 0 aliphatic rings. The zero-order valence-corrected chi connectivity index (χ0v) is 14.9. The van der Waals surface area contributed by atoms with Gasteiger partial charge in [0, 0.05) is 5.69 Å². The Morgan fingerprint density at radius 2 is 1.81 bits per heavy atom. The SMILES string of the molecule is Cc1ccc(NC(=O)COC(=O)[C@H](C)Oc2ccc(C#N)cc2)cc1C. The van der Waals surface area contributed by atoms with Gasteiger partial charge in [-0.25, -0.2) is 4.79 Å². The first-order chi connectivity index (χ1) is 12.4. The number of anilines is 1. The molecule has 0 bridgehead atoms. The quantitative estimate of drug-likeness (QED) is 0.807. The molecule has 6 nitrogen and oxygen atoms in total. The maximum Gasteiger partial charge on any atom is 0.347 e. The van der Waals surface area contributed by atoms with Crippen LogP contribution in [0.4, 0.5) is 5.69 Å². The number of hydrogen-bond acceptors (Lipinski definition) is 5. The van der Waals surface area contributed by atoms with Crippen molar-refractivity contribution in [2.45, 2.75) is 26.9 Å². The highest BCUT2D eigenvalue weighted by Crippen LogP contribution is 2.15. The number of carbonyl (C=O) groups is 2. The predicted molar refractivity (Wildman–Crippen MR) is 96.8 cm³/mol. The molecule has 0 spiro atoms. The molecule has 0 aromatic heterocycles. The molecule has 2 aromatic rings. The van der Waals surface area contributed by atoms with Gasteiger partial charge < -0.3 is 14.8 Å². The Kier molecular flexibility index (Phi) is 6.34. The van der Waals surface area contributed by atoms with Crippen LogP contribution in [0, 0.1) is 25.2 Å². The van der Waals surface area contributed by atoms with Crippen molar-refractivity contribution in [3.05, 3.63) is 59.2 Å². The summed E-state index contributed by atoms with van der Waals surface area (Å²) in [6.07, 6.45) is -0.877. The van der Waals surface area contributed by atoms with Crippen LogP contribution in [0.2, 0.25) is 0 Å². The highest BCUT2D eigenvalue weighted by atomic mass is 16.6. The molecule has 2 aromatic carbocycles. The third-order valence-corrected chi connectivity index (χ3v) is 3.76. The van der Waals surface area contributed by atoms with Gasteiger partial charge in [0.2, 0.25) is 0 Å². The molecule has 26 heavy (non-hydrogen) atoms. The first kappa shape index (κ1) is 19.0. The average molecular weight is 352 g/mol. The lowest BCUT2D eigenvalue weighted by molar-refractivity contribution is -0.153. The first-order valence-corrected chi connectivity index (χ1v) is 8.09. The van der Waals surface area contributed by atoms with Gasteiger partial charge in [0.25, 0.3) is 5.91 Å². The minimum Gasteiger partial charge on any atom is -0.479 e. The van der Waals surface area contributed by atoms with E-state index >= 15 is 0 Å². The van der Waals surface area contributed by atoms with Crippen molar-refractivity contribution in [1.82, 2.24) is 0 Å². The fourth-order valence-corrected chi connectivity index (χ4v) is 2.13. The highest BCUT2D eigenvalue weighted by molar-refractivity contribution is 5.93. The summed E-state index contributed by atoms with van der Waals surface area (Å²) in [5, 5.41) is 11.4. The van der Waals surface area contributed by atoms with Crippen LogP contribution in [0.3, 0.4) is 0 Å².